The molecule has 0 saturated carbocycles. The Morgan fingerprint density at radius 3 is 2.58 bits per heavy atom. The van der Waals surface area contributed by atoms with Crippen LogP contribution in [-0.2, 0) is 16.6 Å². The molecule has 0 fully saturated rings. The van der Waals surface area contributed by atoms with E-state index in [1.807, 2.05) is 30.3 Å². The number of hydrogen-bond donors (Lipinski definition) is 1. The second-order valence-electron chi connectivity index (χ2n) is 4.95. The Kier molecular flexibility index (Phi) is 4.75. The van der Waals surface area contributed by atoms with Crippen molar-refractivity contribution in [1.82, 2.24) is 14.8 Å². The minimum atomic E-state index is -3.94. The molecule has 0 spiro atoms. The second kappa shape index (κ2) is 6.80. The van der Waals surface area contributed by atoms with Gasteiger partial charge in [0, 0.05) is 5.02 Å². The van der Waals surface area contributed by atoms with Crippen molar-refractivity contribution in [1.29, 1.82) is 0 Å². The number of nitrogens with zero attached hydrogens (tertiary/aromatic N) is 3. The van der Waals surface area contributed by atoms with Gasteiger partial charge in [-0.1, -0.05) is 53.5 Å². The van der Waals surface area contributed by atoms with Crippen LogP contribution < -0.4 is 4.72 Å². The van der Waals surface area contributed by atoms with Crippen molar-refractivity contribution in [2.24, 2.45) is 0 Å². The fourth-order valence-electron chi connectivity index (χ4n) is 2.09. The van der Waals surface area contributed by atoms with E-state index >= 15 is 0 Å². The summed E-state index contributed by atoms with van der Waals surface area (Å²) in [4.78, 5) is -0.120. The minimum absolute atomic E-state index is 0.0704. The number of halogens is 2. The lowest BCUT2D eigenvalue weighted by Crippen LogP contribution is -2.17. The highest BCUT2D eigenvalue weighted by atomic mass is 35.5. The van der Waals surface area contributed by atoms with Gasteiger partial charge in [-0.25, -0.2) is 13.1 Å². The predicted octanol–water partition coefficient (Wildman–Crippen LogP) is 3.43. The Balaban J connectivity index is 1.89. The van der Waals surface area contributed by atoms with E-state index in [-0.39, 0.29) is 20.9 Å². The van der Waals surface area contributed by atoms with Crippen LogP contribution in [-0.4, -0.2) is 23.2 Å². The number of benzene rings is 2. The first kappa shape index (κ1) is 16.8. The maximum Gasteiger partial charge on any atom is 0.265 e. The maximum atomic E-state index is 12.5. The van der Waals surface area contributed by atoms with Crippen molar-refractivity contribution in [3.05, 3.63) is 70.5 Å². The van der Waals surface area contributed by atoms with Gasteiger partial charge in [-0.15, -0.1) is 10.2 Å². The lowest BCUT2D eigenvalue weighted by atomic mass is 10.2. The van der Waals surface area contributed by atoms with Crippen LogP contribution >= 0.6 is 23.2 Å². The minimum Gasteiger partial charge on any atom is -0.295 e. The molecule has 9 heteroatoms. The average Bonchev–Trinajstić information content (AvgIpc) is 2.97. The van der Waals surface area contributed by atoms with Gasteiger partial charge in [0.05, 0.1) is 11.6 Å². The molecule has 2 aromatic carbocycles. The molecule has 0 aliphatic rings. The lowest BCUT2D eigenvalue weighted by Gasteiger charge is -2.11. The van der Waals surface area contributed by atoms with Gasteiger partial charge in [0.1, 0.15) is 11.2 Å². The molecule has 0 radical (unpaired) electrons. The van der Waals surface area contributed by atoms with Crippen LogP contribution in [0.4, 0.5) is 5.95 Å². The molecule has 3 rings (SSSR count). The number of rotatable bonds is 5. The molecule has 6 nitrogen and oxygen atoms in total. The summed E-state index contributed by atoms with van der Waals surface area (Å²) in [6.45, 7) is 0.426. The molecule has 0 atom stereocenters. The monoisotopic (exact) mass is 382 g/mol. The molecule has 0 saturated heterocycles. The Morgan fingerprint density at radius 1 is 1.08 bits per heavy atom. The normalized spacial score (nSPS) is 11.4. The fraction of sp³-hybridized carbons (Fsp3) is 0.0667. The van der Waals surface area contributed by atoms with Crippen molar-refractivity contribution < 1.29 is 8.42 Å². The molecule has 1 aromatic heterocycles. The first-order valence-corrected chi connectivity index (χ1v) is 9.09. The van der Waals surface area contributed by atoms with Crippen molar-refractivity contribution in [2.75, 3.05) is 4.72 Å². The number of nitrogens with one attached hydrogen (secondary N) is 1. The first-order valence-electron chi connectivity index (χ1n) is 6.85. The van der Waals surface area contributed by atoms with Crippen LogP contribution in [0.1, 0.15) is 5.56 Å². The Labute approximate surface area is 149 Å². The molecule has 24 heavy (non-hydrogen) atoms. The number of hydrogen-bond acceptors (Lipinski definition) is 4. The molecule has 124 valence electrons. The second-order valence-corrected chi connectivity index (χ2v) is 7.44. The zero-order valence-corrected chi connectivity index (χ0v) is 14.6. The largest absolute Gasteiger partial charge is 0.295 e. The van der Waals surface area contributed by atoms with E-state index in [0.29, 0.717) is 6.54 Å². The molecule has 0 aliphatic carbocycles. The van der Waals surface area contributed by atoms with Gasteiger partial charge in [-0.3, -0.25) is 4.57 Å². The van der Waals surface area contributed by atoms with Gasteiger partial charge in [-0.2, -0.15) is 0 Å². The highest BCUT2D eigenvalue weighted by molar-refractivity contribution is 7.92. The van der Waals surface area contributed by atoms with E-state index in [2.05, 4.69) is 14.9 Å². The summed E-state index contributed by atoms with van der Waals surface area (Å²) in [6.07, 6.45) is 1.45. The summed E-state index contributed by atoms with van der Waals surface area (Å²) < 4.78 is 29.1. The first-order chi connectivity index (χ1) is 11.5. The molecule has 0 aliphatic heterocycles. The van der Waals surface area contributed by atoms with E-state index in [4.69, 9.17) is 23.2 Å². The summed E-state index contributed by atoms with van der Waals surface area (Å²) in [5.41, 5.74) is 0.985. The molecule has 0 unspecified atom stereocenters. The Hall–Kier alpha value is -2.09. The maximum absolute atomic E-state index is 12.5. The third-order valence-electron chi connectivity index (χ3n) is 3.22. The number of anilines is 1. The molecule has 0 amide bonds. The van der Waals surface area contributed by atoms with Gasteiger partial charge in [0.25, 0.3) is 10.0 Å². The van der Waals surface area contributed by atoms with Gasteiger partial charge in [0.15, 0.2) is 0 Å². The van der Waals surface area contributed by atoms with Crippen LogP contribution in [0.15, 0.2) is 59.8 Å². The Morgan fingerprint density at radius 2 is 1.83 bits per heavy atom. The molecular formula is C15H12Cl2N4O2S. The third-order valence-corrected chi connectivity index (χ3v) is 5.26. The van der Waals surface area contributed by atoms with Crippen molar-refractivity contribution in [3.8, 4) is 0 Å². The lowest BCUT2D eigenvalue weighted by molar-refractivity contribution is 0.600. The van der Waals surface area contributed by atoms with Gasteiger partial charge in [0.2, 0.25) is 5.95 Å². The zero-order chi connectivity index (χ0) is 17.2. The van der Waals surface area contributed by atoms with Gasteiger partial charge in [-0.05, 0) is 23.8 Å². The number of sulfonamides is 1. The van der Waals surface area contributed by atoms with Crippen LogP contribution in [0.5, 0.6) is 0 Å². The van der Waals surface area contributed by atoms with Crippen molar-refractivity contribution >= 4 is 39.2 Å². The SMILES string of the molecule is O=S(=O)(Nc1nncn1Cc1ccccc1)c1cc(Cl)ccc1Cl. The fourth-order valence-corrected chi connectivity index (χ4v) is 3.86. The van der Waals surface area contributed by atoms with Gasteiger partial charge >= 0.3 is 0 Å². The topological polar surface area (TPSA) is 76.9 Å². The summed E-state index contributed by atoms with van der Waals surface area (Å²) in [6, 6.07) is 13.8. The molecule has 1 N–H and O–H groups in total. The number of aromatic nitrogens is 3. The van der Waals surface area contributed by atoms with E-state index in [9.17, 15) is 8.42 Å². The van der Waals surface area contributed by atoms with Crippen LogP contribution in [0.25, 0.3) is 0 Å². The van der Waals surface area contributed by atoms with Gasteiger partial charge < -0.3 is 0 Å². The summed E-state index contributed by atoms with van der Waals surface area (Å²) >= 11 is 11.8. The smallest absolute Gasteiger partial charge is 0.265 e. The van der Waals surface area contributed by atoms with E-state index in [1.165, 1.54) is 24.5 Å². The van der Waals surface area contributed by atoms with Crippen molar-refractivity contribution in [3.63, 3.8) is 0 Å². The average molecular weight is 383 g/mol. The van der Waals surface area contributed by atoms with E-state index in [1.54, 1.807) is 4.57 Å². The molecular weight excluding hydrogens is 371 g/mol. The van der Waals surface area contributed by atoms with E-state index in [0.717, 1.165) is 5.56 Å². The molecule has 0 bridgehead atoms. The summed E-state index contributed by atoms with van der Waals surface area (Å²) in [5, 5.41) is 7.92. The van der Waals surface area contributed by atoms with Crippen LogP contribution in [0, 0.1) is 0 Å². The molecule has 1 heterocycles. The zero-order valence-electron chi connectivity index (χ0n) is 12.2. The van der Waals surface area contributed by atoms with Crippen LogP contribution in [0.2, 0.25) is 10.0 Å². The summed E-state index contributed by atoms with van der Waals surface area (Å²) in [7, 11) is -3.94. The third kappa shape index (κ3) is 3.69. The molecule has 3 aromatic rings. The van der Waals surface area contributed by atoms with Crippen LogP contribution in [0.3, 0.4) is 0 Å². The van der Waals surface area contributed by atoms with Crippen molar-refractivity contribution in [2.45, 2.75) is 11.4 Å². The van der Waals surface area contributed by atoms with E-state index < -0.39 is 10.0 Å². The quantitative estimate of drug-likeness (QED) is 0.732. The standard InChI is InChI=1S/C15H12Cl2N4O2S/c16-12-6-7-13(17)14(8-12)24(22,23)20-15-19-18-10-21(15)9-11-4-2-1-3-5-11/h1-8,10H,9H2,(H,19,20). The summed E-state index contributed by atoms with van der Waals surface area (Å²) in [5.74, 6) is 0.0925. The Bertz CT molecular complexity index is 959. The predicted molar refractivity (Wildman–Crippen MR) is 92.8 cm³/mol. The highest BCUT2D eigenvalue weighted by Crippen LogP contribution is 2.26. The highest BCUT2D eigenvalue weighted by Gasteiger charge is 2.21.